The molecule has 2 atom stereocenters. The van der Waals surface area contributed by atoms with Crippen LogP contribution in [-0.4, -0.2) is 0 Å². The summed E-state index contributed by atoms with van der Waals surface area (Å²) in [6, 6.07) is 81.3. The second-order valence-electron chi connectivity index (χ2n) is 19.8. The lowest BCUT2D eigenvalue weighted by Crippen LogP contribution is -2.29. The Morgan fingerprint density at radius 2 is 0.675 bits per heavy atom. The van der Waals surface area contributed by atoms with E-state index in [9.17, 15) is 0 Å². The molecule has 2 aliphatic rings. The lowest BCUT2D eigenvalue weighted by molar-refractivity contribution is 0.505. The van der Waals surface area contributed by atoms with Crippen molar-refractivity contribution in [1.82, 2.24) is 0 Å². The van der Waals surface area contributed by atoms with Crippen LogP contribution < -0.4 is 4.90 Å². The number of halogens is 4. The molecule has 0 heterocycles. The third-order valence-corrected chi connectivity index (χ3v) is 15.9. The lowest BCUT2D eigenvalue weighted by atomic mass is 9.67. The predicted molar refractivity (Wildman–Crippen MR) is 307 cm³/mol. The quantitative estimate of drug-likeness (QED) is 0.117. The van der Waals surface area contributed by atoms with Crippen molar-refractivity contribution in [1.29, 1.82) is 0 Å². The van der Waals surface area contributed by atoms with Gasteiger partial charge in [0.2, 0.25) is 0 Å². The first kappa shape index (κ1) is 47.2. The summed E-state index contributed by atoms with van der Waals surface area (Å²) in [6.07, 6.45) is 3.58. The highest BCUT2D eigenvalue weighted by atomic mass is 19.2. The number of hydrogen-bond donors (Lipinski definition) is 0. The summed E-state index contributed by atoms with van der Waals surface area (Å²) >= 11 is 0. The van der Waals surface area contributed by atoms with Gasteiger partial charge in [-0.1, -0.05) is 207 Å². The molecule has 0 spiro atoms. The van der Waals surface area contributed by atoms with Gasteiger partial charge in [-0.05, 0) is 167 Å². The molecule has 0 N–H and O–H groups in total. The average molecular weight is 1000 g/mol. The van der Waals surface area contributed by atoms with Gasteiger partial charge in [0.1, 0.15) is 0 Å². The summed E-state index contributed by atoms with van der Waals surface area (Å²) in [7, 11) is 0. The van der Waals surface area contributed by atoms with Crippen LogP contribution in [0.4, 0.5) is 34.6 Å². The average Bonchev–Trinajstić information content (AvgIpc) is 3.98. The summed E-state index contributed by atoms with van der Waals surface area (Å²) in [5, 5.41) is 0. The van der Waals surface area contributed by atoms with Crippen LogP contribution in [0.5, 0.6) is 0 Å². The van der Waals surface area contributed by atoms with E-state index in [0.29, 0.717) is 11.1 Å². The van der Waals surface area contributed by atoms with Gasteiger partial charge in [-0.2, -0.15) is 0 Å². The standard InChI is InChI=1S/C72H47F4N/c1-3-46-21-27-52(28-22-46)71(54-31-39-67(73)69(75)42-54)63-19-10-8-17-59(63)61-37-35-57(44-65(61)71)77(56-33-25-49(26-34-56)51-16-12-15-50(41-51)48-13-6-5-7-14-48)58-36-38-62-60-18-9-11-20-64(60)72(66(62)45-58,53-29-23-47(4-2)24-30-53)55-32-40-68(74)70(76)43-55/h3-45H,1-2H2. The summed E-state index contributed by atoms with van der Waals surface area (Å²) < 4.78 is 61.9. The zero-order chi connectivity index (χ0) is 52.4. The molecule has 2 unspecified atom stereocenters. The molecule has 0 bridgehead atoms. The van der Waals surface area contributed by atoms with Crippen molar-refractivity contribution in [3.05, 3.63) is 341 Å². The van der Waals surface area contributed by atoms with E-state index in [1.54, 1.807) is 24.3 Å². The number of anilines is 3. The predicted octanol–water partition coefficient (Wildman–Crippen LogP) is 19.1. The Kier molecular flexibility index (Phi) is 11.4. The monoisotopic (exact) mass is 1000 g/mol. The maximum Gasteiger partial charge on any atom is 0.159 e. The Bertz CT molecular complexity index is 3920. The Hall–Kier alpha value is -9.58. The number of benzene rings is 11. The van der Waals surface area contributed by atoms with E-state index >= 15 is 17.6 Å². The van der Waals surface area contributed by atoms with E-state index in [4.69, 9.17) is 0 Å². The molecule has 1 nitrogen and oxygen atoms in total. The number of hydrogen-bond acceptors (Lipinski definition) is 1. The minimum absolute atomic E-state index is 0.578. The SMILES string of the molecule is C=Cc1ccc(C2(c3ccc(F)c(F)c3)c3ccccc3-c3ccc(N(c4ccc(-c5cccc(-c6ccccc6)c5)cc4)c4ccc5c(c4)C(c4ccc(C=C)cc4)(c4ccc(F)c(F)c4)c4ccccc4-5)cc32)cc1. The molecule has 77 heavy (non-hydrogen) atoms. The number of fused-ring (bicyclic) bond motifs is 6. The smallest absolute Gasteiger partial charge is 0.159 e. The molecule has 0 fully saturated rings. The summed E-state index contributed by atoms with van der Waals surface area (Å²) in [4.78, 5) is 2.23. The van der Waals surface area contributed by atoms with Gasteiger partial charge in [0.05, 0.1) is 10.8 Å². The highest BCUT2D eigenvalue weighted by Gasteiger charge is 2.49. The fourth-order valence-corrected chi connectivity index (χ4v) is 12.3. The second kappa shape index (κ2) is 18.7. The summed E-state index contributed by atoms with van der Waals surface area (Å²) in [5.41, 5.74) is 16.9. The minimum atomic E-state index is -1.09. The zero-order valence-corrected chi connectivity index (χ0v) is 41.7. The van der Waals surface area contributed by atoms with Gasteiger partial charge in [-0.3, -0.25) is 0 Å². The molecule has 5 heteroatoms. The Balaban J connectivity index is 1.07. The molecule has 0 aliphatic heterocycles. The molecule has 0 saturated carbocycles. The van der Waals surface area contributed by atoms with Crippen molar-refractivity contribution in [3.8, 4) is 44.5 Å². The Morgan fingerprint density at radius 1 is 0.286 bits per heavy atom. The molecule has 11 aromatic carbocycles. The molecular formula is C72H47F4N. The van der Waals surface area contributed by atoms with Crippen molar-refractivity contribution < 1.29 is 17.6 Å². The molecule has 2 aliphatic carbocycles. The van der Waals surface area contributed by atoms with Crippen LogP contribution in [0.1, 0.15) is 55.6 Å². The van der Waals surface area contributed by atoms with Crippen LogP contribution in [0.15, 0.2) is 262 Å². The van der Waals surface area contributed by atoms with Crippen LogP contribution in [0.3, 0.4) is 0 Å². The molecule has 0 amide bonds. The summed E-state index contributed by atoms with van der Waals surface area (Å²) in [5.74, 6) is -3.74. The van der Waals surface area contributed by atoms with E-state index in [1.165, 1.54) is 24.3 Å². The Morgan fingerprint density at radius 3 is 1.13 bits per heavy atom. The van der Waals surface area contributed by atoms with Gasteiger partial charge >= 0.3 is 0 Å². The third kappa shape index (κ3) is 7.44. The molecule has 0 radical (unpaired) electrons. The first-order valence-corrected chi connectivity index (χ1v) is 25.6. The summed E-state index contributed by atoms with van der Waals surface area (Å²) in [6.45, 7) is 8.03. The van der Waals surface area contributed by atoms with Crippen LogP contribution in [0, 0.1) is 23.3 Å². The molecule has 368 valence electrons. The van der Waals surface area contributed by atoms with Gasteiger partial charge in [0.25, 0.3) is 0 Å². The van der Waals surface area contributed by atoms with Gasteiger partial charge < -0.3 is 4.90 Å². The van der Waals surface area contributed by atoms with E-state index in [0.717, 1.165) is 106 Å². The molecule has 0 saturated heterocycles. The molecule has 11 aromatic rings. The van der Waals surface area contributed by atoms with Crippen molar-refractivity contribution >= 4 is 29.2 Å². The molecule has 0 aromatic heterocycles. The molecular weight excluding hydrogens is 955 g/mol. The maximum atomic E-state index is 15.9. The van der Waals surface area contributed by atoms with Gasteiger partial charge in [0.15, 0.2) is 23.3 Å². The highest BCUT2D eigenvalue weighted by Crippen LogP contribution is 2.60. The first-order chi connectivity index (χ1) is 37.7. The van der Waals surface area contributed by atoms with Crippen LogP contribution in [0.2, 0.25) is 0 Å². The van der Waals surface area contributed by atoms with Gasteiger partial charge in [-0.15, -0.1) is 0 Å². The number of nitrogens with zero attached hydrogens (tertiary/aromatic N) is 1. The van der Waals surface area contributed by atoms with Crippen molar-refractivity contribution in [2.24, 2.45) is 0 Å². The first-order valence-electron chi connectivity index (χ1n) is 25.6. The molecule has 13 rings (SSSR count). The zero-order valence-electron chi connectivity index (χ0n) is 41.7. The fraction of sp³-hybridized carbons (Fsp3) is 0.0278. The van der Waals surface area contributed by atoms with E-state index in [2.05, 4.69) is 164 Å². The fourth-order valence-electron chi connectivity index (χ4n) is 12.3. The number of rotatable bonds is 11. The van der Waals surface area contributed by atoms with Crippen molar-refractivity contribution in [2.45, 2.75) is 10.8 Å². The van der Waals surface area contributed by atoms with Crippen LogP contribution in [0.25, 0.3) is 56.7 Å². The van der Waals surface area contributed by atoms with Crippen LogP contribution in [-0.2, 0) is 10.8 Å². The van der Waals surface area contributed by atoms with Crippen molar-refractivity contribution in [2.75, 3.05) is 4.90 Å². The van der Waals surface area contributed by atoms with Gasteiger partial charge in [-0.25, -0.2) is 17.6 Å². The van der Waals surface area contributed by atoms with E-state index in [1.807, 2.05) is 66.7 Å². The Labute approximate surface area is 445 Å². The normalized spacial score (nSPS) is 15.7. The van der Waals surface area contributed by atoms with E-state index in [-0.39, 0.29) is 0 Å². The lowest BCUT2D eigenvalue weighted by Gasteiger charge is -2.36. The largest absolute Gasteiger partial charge is 0.310 e. The highest BCUT2D eigenvalue weighted by molar-refractivity contribution is 5.93. The topological polar surface area (TPSA) is 3.24 Å². The van der Waals surface area contributed by atoms with Crippen molar-refractivity contribution in [3.63, 3.8) is 0 Å². The van der Waals surface area contributed by atoms with Crippen LogP contribution >= 0.6 is 0 Å². The third-order valence-electron chi connectivity index (χ3n) is 15.9. The minimum Gasteiger partial charge on any atom is -0.310 e. The maximum absolute atomic E-state index is 15.9. The van der Waals surface area contributed by atoms with E-state index < -0.39 is 34.1 Å². The van der Waals surface area contributed by atoms with Gasteiger partial charge in [0, 0.05) is 17.1 Å². The second-order valence-corrected chi connectivity index (χ2v) is 19.8.